The van der Waals surface area contributed by atoms with Crippen LogP contribution in [0.2, 0.25) is 5.02 Å². The fraction of sp³-hybridized carbons (Fsp3) is 0.273. The molecule has 2 heterocycles. The van der Waals surface area contributed by atoms with E-state index in [0.717, 1.165) is 38.4 Å². The lowest BCUT2D eigenvalue weighted by molar-refractivity contribution is 0.102. The second-order valence-corrected chi connectivity index (χ2v) is 7.76. The number of halogens is 1. The first-order chi connectivity index (χ1) is 14.1. The first-order valence-corrected chi connectivity index (χ1v) is 10.1. The van der Waals surface area contributed by atoms with Crippen molar-refractivity contribution >= 4 is 23.2 Å². The molecule has 1 amide bonds. The van der Waals surface area contributed by atoms with Gasteiger partial charge in [-0.2, -0.15) is 5.10 Å². The number of nitrogens with zero attached hydrogens (tertiary/aromatic N) is 4. The second kappa shape index (κ2) is 8.78. The summed E-state index contributed by atoms with van der Waals surface area (Å²) in [5.41, 5.74) is 3.23. The van der Waals surface area contributed by atoms with Gasteiger partial charge in [0.25, 0.3) is 5.91 Å². The van der Waals surface area contributed by atoms with Crippen molar-refractivity contribution in [2.24, 2.45) is 0 Å². The van der Waals surface area contributed by atoms with E-state index in [2.05, 4.69) is 27.3 Å². The summed E-state index contributed by atoms with van der Waals surface area (Å²) in [5, 5.41) is 7.78. The molecule has 1 saturated heterocycles. The topological polar surface area (TPSA) is 53.4 Å². The molecule has 0 radical (unpaired) electrons. The van der Waals surface area contributed by atoms with Gasteiger partial charge in [0.15, 0.2) is 0 Å². The second-order valence-electron chi connectivity index (χ2n) is 7.36. The van der Waals surface area contributed by atoms with Gasteiger partial charge in [-0.1, -0.05) is 35.9 Å². The van der Waals surface area contributed by atoms with E-state index < -0.39 is 0 Å². The summed E-state index contributed by atoms with van der Waals surface area (Å²) < 4.78 is 1.65. The number of hydrogen-bond donors (Lipinski definition) is 1. The number of aromatic nitrogens is 2. The maximum atomic E-state index is 12.6. The molecule has 0 aliphatic carbocycles. The van der Waals surface area contributed by atoms with Gasteiger partial charge < -0.3 is 10.2 Å². The van der Waals surface area contributed by atoms with Crippen molar-refractivity contribution in [3.63, 3.8) is 0 Å². The predicted molar refractivity (Wildman–Crippen MR) is 116 cm³/mol. The Morgan fingerprint density at radius 1 is 1.07 bits per heavy atom. The van der Waals surface area contributed by atoms with E-state index in [9.17, 15) is 4.79 Å². The average molecular weight is 410 g/mol. The molecule has 0 unspecified atom stereocenters. The lowest BCUT2D eigenvalue weighted by Crippen LogP contribution is -2.43. The minimum atomic E-state index is -0.158. The molecule has 0 saturated carbocycles. The number of carbonyl (C=O) groups is 1. The molecule has 4 rings (SSSR count). The van der Waals surface area contributed by atoms with Gasteiger partial charge in [-0.05, 0) is 36.9 Å². The number of para-hydroxylation sites is 1. The molecule has 6 nitrogen and oxygen atoms in total. The molecular formula is C22H24ClN5O. The van der Waals surface area contributed by atoms with Gasteiger partial charge in [0.1, 0.15) is 0 Å². The van der Waals surface area contributed by atoms with E-state index in [1.54, 1.807) is 23.1 Å². The Hall–Kier alpha value is -2.67. The van der Waals surface area contributed by atoms with Crippen molar-refractivity contribution < 1.29 is 4.79 Å². The van der Waals surface area contributed by atoms with Gasteiger partial charge in [0, 0.05) is 38.3 Å². The summed E-state index contributed by atoms with van der Waals surface area (Å²) >= 11 is 6.21. The predicted octanol–water partition coefficient (Wildman–Crippen LogP) is 3.53. The highest BCUT2D eigenvalue weighted by molar-refractivity contribution is 6.32. The standard InChI is InChI=1S/C22H24ClN5O/c1-26-10-12-27(13-11-26)15-17-6-8-18(9-7-17)22(29)25-19-14-24-28(16-19)21-5-3-2-4-20(21)23/h2-9,14,16H,10-13,15H2,1H3,(H,25,29). The highest BCUT2D eigenvalue weighted by Crippen LogP contribution is 2.21. The van der Waals surface area contributed by atoms with Crippen LogP contribution in [0.4, 0.5) is 5.69 Å². The average Bonchev–Trinajstić information content (AvgIpc) is 3.19. The third kappa shape index (κ3) is 4.85. The monoisotopic (exact) mass is 409 g/mol. The molecule has 3 aromatic rings. The van der Waals surface area contributed by atoms with E-state index in [0.29, 0.717) is 16.3 Å². The fourth-order valence-electron chi connectivity index (χ4n) is 3.39. The highest BCUT2D eigenvalue weighted by atomic mass is 35.5. The van der Waals surface area contributed by atoms with Crippen LogP contribution in [0.5, 0.6) is 0 Å². The minimum Gasteiger partial charge on any atom is -0.319 e. The molecular weight excluding hydrogens is 386 g/mol. The van der Waals surface area contributed by atoms with Crippen molar-refractivity contribution in [1.29, 1.82) is 0 Å². The summed E-state index contributed by atoms with van der Waals surface area (Å²) in [5.74, 6) is -0.158. The number of benzene rings is 2. The van der Waals surface area contributed by atoms with Gasteiger partial charge in [0.05, 0.1) is 28.8 Å². The smallest absolute Gasteiger partial charge is 0.255 e. The van der Waals surface area contributed by atoms with Crippen LogP contribution >= 0.6 is 11.6 Å². The zero-order chi connectivity index (χ0) is 20.2. The van der Waals surface area contributed by atoms with Gasteiger partial charge in [-0.3, -0.25) is 9.69 Å². The molecule has 2 aromatic carbocycles. The number of anilines is 1. The Balaban J connectivity index is 1.37. The van der Waals surface area contributed by atoms with E-state index in [4.69, 9.17) is 11.6 Å². The third-order valence-corrected chi connectivity index (χ3v) is 5.48. The Kier molecular flexibility index (Phi) is 5.94. The summed E-state index contributed by atoms with van der Waals surface area (Å²) in [6, 6.07) is 15.2. The maximum Gasteiger partial charge on any atom is 0.255 e. The SMILES string of the molecule is CN1CCN(Cc2ccc(C(=O)Nc3cnn(-c4ccccc4Cl)c3)cc2)CC1. The van der Waals surface area contributed by atoms with Crippen molar-refractivity contribution in [3.05, 3.63) is 77.1 Å². The number of hydrogen-bond acceptors (Lipinski definition) is 4. The normalized spacial score (nSPS) is 15.4. The summed E-state index contributed by atoms with van der Waals surface area (Å²) in [6.07, 6.45) is 3.36. The largest absolute Gasteiger partial charge is 0.319 e. The van der Waals surface area contributed by atoms with Crippen LogP contribution in [-0.2, 0) is 6.54 Å². The quantitative estimate of drug-likeness (QED) is 0.700. The van der Waals surface area contributed by atoms with E-state index in [-0.39, 0.29) is 5.91 Å². The van der Waals surface area contributed by atoms with Crippen LogP contribution in [0.3, 0.4) is 0 Å². The zero-order valence-corrected chi connectivity index (χ0v) is 17.1. The van der Waals surface area contributed by atoms with E-state index in [1.165, 1.54) is 5.56 Å². The molecule has 0 bridgehead atoms. The van der Waals surface area contributed by atoms with E-state index >= 15 is 0 Å². The number of amides is 1. The summed E-state index contributed by atoms with van der Waals surface area (Å²) in [4.78, 5) is 17.4. The summed E-state index contributed by atoms with van der Waals surface area (Å²) in [6.45, 7) is 5.27. The number of likely N-dealkylation sites (N-methyl/N-ethyl adjacent to an activating group) is 1. The molecule has 0 spiro atoms. The molecule has 7 heteroatoms. The lowest BCUT2D eigenvalue weighted by atomic mass is 10.1. The van der Waals surface area contributed by atoms with Gasteiger partial charge in [-0.25, -0.2) is 4.68 Å². The van der Waals surface area contributed by atoms with E-state index in [1.807, 2.05) is 42.5 Å². The van der Waals surface area contributed by atoms with Crippen molar-refractivity contribution in [3.8, 4) is 5.69 Å². The lowest BCUT2D eigenvalue weighted by Gasteiger charge is -2.32. The molecule has 150 valence electrons. The molecule has 1 aliphatic heterocycles. The summed E-state index contributed by atoms with van der Waals surface area (Å²) in [7, 11) is 2.16. The van der Waals surface area contributed by atoms with Crippen LogP contribution in [0.25, 0.3) is 5.69 Å². The van der Waals surface area contributed by atoms with Gasteiger partial charge in [-0.15, -0.1) is 0 Å². The van der Waals surface area contributed by atoms with Crippen molar-refractivity contribution in [2.75, 3.05) is 38.5 Å². The first kappa shape index (κ1) is 19.6. The first-order valence-electron chi connectivity index (χ1n) is 9.69. The molecule has 1 N–H and O–H groups in total. The Morgan fingerprint density at radius 2 is 1.79 bits per heavy atom. The Morgan fingerprint density at radius 3 is 2.52 bits per heavy atom. The van der Waals surface area contributed by atoms with Gasteiger partial charge >= 0.3 is 0 Å². The highest BCUT2D eigenvalue weighted by Gasteiger charge is 2.14. The Bertz CT molecular complexity index is 977. The number of piperazine rings is 1. The minimum absolute atomic E-state index is 0.158. The molecule has 1 aliphatic rings. The van der Waals surface area contributed by atoms with Crippen LogP contribution in [0.1, 0.15) is 15.9 Å². The molecule has 29 heavy (non-hydrogen) atoms. The van der Waals surface area contributed by atoms with Crippen LogP contribution in [0, 0.1) is 0 Å². The van der Waals surface area contributed by atoms with Crippen LogP contribution in [-0.4, -0.2) is 58.7 Å². The van der Waals surface area contributed by atoms with Crippen LogP contribution in [0.15, 0.2) is 60.9 Å². The van der Waals surface area contributed by atoms with Gasteiger partial charge in [0.2, 0.25) is 0 Å². The van der Waals surface area contributed by atoms with Crippen LogP contribution < -0.4 is 5.32 Å². The molecule has 1 fully saturated rings. The van der Waals surface area contributed by atoms with Crippen molar-refractivity contribution in [1.82, 2.24) is 19.6 Å². The zero-order valence-electron chi connectivity index (χ0n) is 16.4. The number of rotatable bonds is 5. The third-order valence-electron chi connectivity index (χ3n) is 5.16. The number of carbonyl (C=O) groups excluding carboxylic acids is 1. The molecule has 0 atom stereocenters. The van der Waals surface area contributed by atoms with Crippen molar-refractivity contribution in [2.45, 2.75) is 6.54 Å². The Labute approximate surface area is 175 Å². The maximum absolute atomic E-state index is 12.6. The molecule has 1 aromatic heterocycles. The fourth-order valence-corrected chi connectivity index (χ4v) is 3.61. The number of nitrogens with one attached hydrogen (secondary N) is 1.